The average Bonchev–Trinajstić information content (AvgIpc) is 2.58. The highest BCUT2D eigenvalue weighted by atomic mass is 16.5. The first-order valence-corrected chi connectivity index (χ1v) is 7.50. The maximum Gasteiger partial charge on any atom is 0.213 e. The smallest absolute Gasteiger partial charge is 0.213 e. The van der Waals surface area contributed by atoms with Crippen molar-refractivity contribution in [2.45, 2.75) is 26.8 Å². The molecule has 1 aromatic carbocycles. The van der Waals surface area contributed by atoms with Gasteiger partial charge in [0.15, 0.2) is 5.78 Å². The largest absolute Gasteiger partial charge is 0.478 e. The second kappa shape index (κ2) is 7.95. The van der Waals surface area contributed by atoms with Crippen molar-refractivity contribution in [1.29, 1.82) is 5.26 Å². The van der Waals surface area contributed by atoms with Crippen LogP contribution in [0.2, 0.25) is 0 Å². The van der Waals surface area contributed by atoms with Crippen molar-refractivity contribution in [2.75, 3.05) is 11.9 Å². The zero-order chi connectivity index (χ0) is 16.7. The number of carbonyl (C=O) groups is 1. The van der Waals surface area contributed by atoms with Gasteiger partial charge in [0.1, 0.15) is 0 Å². The van der Waals surface area contributed by atoms with Gasteiger partial charge in [-0.3, -0.25) is 4.79 Å². The lowest BCUT2D eigenvalue weighted by atomic mass is 10.1. The first-order valence-electron chi connectivity index (χ1n) is 7.50. The molecule has 0 fully saturated rings. The number of ether oxygens (including phenoxy) is 1. The van der Waals surface area contributed by atoms with Gasteiger partial charge < -0.3 is 10.1 Å². The van der Waals surface area contributed by atoms with E-state index in [0.717, 1.165) is 12.0 Å². The molecule has 1 aromatic heterocycles. The molecule has 0 radical (unpaired) electrons. The second-order valence-electron chi connectivity index (χ2n) is 5.14. The molecular weight excluding hydrogens is 290 g/mol. The van der Waals surface area contributed by atoms with Crippen LogP contribution in [0.25, 0.3) is 0 Å². The quantitative estimate of drug-likeness (QED) is 0.791. The molecule has 0 unspecified atom stereocenters. The van der Waals surface area contributed by atoms with Crippen LogP contribution in [0, 0.1) is 11.3 Å². The van der Waals surface area contributed by atoms with Crippen LogP contribution in [0.3, 0.4) is 0 Å². The van der Waals surface area contributed by atoms with Crippen LogP contribution >= 0.6 is 0 Å². The van der Waals surface area contributed by atoms with Crippen LogP contribution in [-0.2, 0) is 6.54 Å². The Morgan fingerprint density at radius 2 is 2.17 bits per heavy atom. The molecule has 2 aromatic rings. The Kier molecular flexibility index (Phi) is 5.70. The van der Waals surface area contributed by atoms with E-state index in [1.807, 2.05) is 19.1 Å². The fourth-order valence-corrected chi connectivity index (χ4v) is 2.07. The van der Waals surface area contributed by atoms with E-state index >= 15 is 0 Å². The summed E-state index contributed by atoms with van der Waals surface area (Å²) in [6.45, 7) is 4.71. The van der Waals surface area contributed by atoms with Crippen LogP contribution in [-0.4, -0.2) is 17.4 Å². The van der Waals surface area contributed by atoms with Crippen LogP contribution in [0.5, 0.6) is 5.88 Å². The standard InChI is InChI=1S/C18H19N3O2/c1-3-8-23-18-7-5-15(12-21-18)11-20-17-9-14(10-19)4-6-16(17)13(2)22/h4-7,9,12,20H,3,8,11H2,1-2H3. The molecule has 0 bridgehead atoms. The average molecular weight is 309 g/mol. The van der Waals surface area contributed by atoms with Gasteiger partial charge in [0.2, 0.25) is 5.88 Å². The Bertz CT molecular complexity index is 718. The van der Waals surface area contributed by atoms with Crippen molar-refractivity contribution in [2.24, 2.45) is 0 Å². The van der Waals surface area contributed by atoms with E-state index in [-0.39, 0.29) is 5.78 Å². The Balaban J connectivity index is 2.08. The van der Waals surface area contributed by atoms with E-state index in [9.17, 15) is 4.79 Å². The van der Waals surface area contributed by atoms with Crippen LogP contribution in [0.15, 0.2) is 36.5 Å². The maximum absolute atomic E-state index is 11.7. The van der Waals surface area contributed by atoms with E-state index < -0.39 is 0 Å². The summed E-state index contributed by atoms with van der Waals surface area (Å²) < 4.78 is 5.44. The van der Waals surface area contributed by atoms with Gasteiger partial charge in [-0.1, -0.05) is 13.0 Å². The van der Waals surface area contributed by atoms with Crippen molar-refractivity contribution in [1.82, 2.24) is 4.98 Å². The Labute approximate surface area is 135 Å². The minimum atomic E-state index is -0.0431. The van der Waals surface area contributed by atoms with Crippen molar-refractivity contribution in [3.63, 3.8) is 0 Å². The number of nitrogens with one attached hydrogen (secondary N) is 1. The number of hydrogen-bond donors (Lipinski definition) is 1. The molecule has 0 amide bonds. The number of nitrogens with zero attached hydrogens (tertiary/aromatic N) is 2. The predicted molar refractivity (Wildman–Crippen MR) is 88.5 cm³/mol. The topological polar surface area (TPSA) is 75.0 Å². The highest BCUT2D eigenvalue weighted by Gasteiger charge is 2.08. The maximum atomic E-state index is 11.7. The third-order valence-corrected chi connectivity index (χ3v) is 3.26. The van der Waals surface area contributed by atoms with Gasteiger partial charge in [-0.15, -0.1) is 0 Å². The third kappa shape index (κ3) is 4.55. The fourth-order valence-electron chi connectivity index (χ4n) is 2.07. The molecule has 0 saturated carbocycles. The number of benzene rings is 1. The summed E-state index contributed by atoms with van der Waals surface area (Å²) in [4.78, 5) is 15.9. The van der Waals surface area contributed by atoms with E-state index in [4.69, 9.17) is 10.00 Å². The molecule has 5 heteroatoms. The molecule has 0 aliphatic carbocycles. The van der Waals surface area contributed by atoms with Crippen molar-refractivity contribution in [3.05, 3.63) is 53.2 Å². The molecule has 0 atom stereocenters. The number of nitriles is 1. The highest BCUT2D eigenvalue weighted by Crippen LogP contribution is 2.19. The number of hydrogen-bond acceptors (Lipinski definition) is 5. The van der Waals surface area contributed by atoms with E-state index in [1.165, 1.54) is 6.92 Å². The Hall–Kier alpha value is -2.87. The zero-order valence-corrected chi connectivity index (χ0v) is 13.3. The molecule has 1 N–H and O–H groups in total. The third-order valence-electron chi connectivity index (χ3n) is 3.26. The minimum Gasteiger partial charge on any atom is -0.478 e. The van der Waals surface area contributed by atoms with Gasteiger partial charge in [-0.2, -0.15) is 5.26 Å². The van der Waals surface area contributed by atoms with Gasteiger partial charge >= 0.3 is 0 Å². The normalized spacial score (nSPS) is 9.96. The number of ketones is 1. The number of pyridine rings is 1. The van der Waals surface area contributed by atoms with E-state index in [1.54, 1.807) is 24.4 Å². The molecule has 118 valence electrons. The van der Waals surface area contributed by atoms with Gasteiger partial charge in [0.05, 0.1) is 18.2 Å². The molecule has 1 heterocycles. The number of anilines is 1. The fraction of sp³-hybridized carbons (Fsp3) is 0.278. The highest BCUT2D eigenvalue weighted by molar-refractivity contribution is 5.99. The molecule has 23 heavy (non-hydrogen) atoms. The second-order valence-corrected chi connectivity index (χ2v) is 5.14. The predicted octanol–water partition coefficient (Wildman–Crippen LogP) is 3.56. The molecule has 0 aliphatic heterocycles. The zero-order valence-electron chi connectivity index (χ0n) is 13.3. The molecule has 0 spiro atoms. The van der Waals surface area contributed by atoms with Gasteiger partial charge in [-0.05, 0) is 37.1 Å². The lowest BCUT2D eigenvalue weighted by Gasteiger charge is -2.11. The molecular formula is C18H19N3O2. The van der Waals surface area contributed by atoms with Gasteiger partial charge in [-0.25, -0.2) is 4.98 Å². The SMILES string of the molecule is CCCOc1ccc(CNc2cc(C#N)ccc2C(C)=O)cn1. The number of carbonyl (C=O) groups excluding carboxylic acids is 1. The van der Waals surface area contributed by atoms with Crippen LogP contribution < -0.4 is 10.1 Å². The summed E-state index contributed by atoms with van der Waals surface area (Å²) in [5.74, 6) is 0.560. The Morgan fingerprint density at radius 1 is 1.35 bits per heavy atom. The summed E-state index contributed by atoms with van der Waals surface area (Å²) >= 11 is 0. The minimum absolute atomic E-state index is 0.0431. The summed E-state index contributed by atoms with van der Waals surface area (Å²) in [7, 11) is 0. The van der Waals surface area contributed by atoms with Crippen LogP contribution in [0.4, 0.5) is 5.69 Å². The summed E-state index contributed by atoms with van der Waals surface area (Å²) in [6, 6.07) is 10.8. The van der Waals surface area contributed by atoms with Crippen molar-refractivity contribution >= 4 is 11.5 Å². The lowest BCUT2D eigenvalue weighted by molar-refractivity contribution is 0.101. The first-order chi connectivity index (χ1) is 11.1. The summed E-state index contributed by atoms with van der Waals surface area (Å²) in [5.41, 5.74) is 2.70. The van der Waals surface area contributed by atoms with Crippen LogP contribution in [0.1, 0.15) is 41.8 Å². The number of rotatable bonds is 7. The molecule has 2 rings (SSSR count). The van der Waals surface area contributed by atoms with Crippen molar-refractivity contribution < 1.29 is 9.53 Å². The van der Waals surface area contributed by atoms with Gasteiger partial charge in [0, 0.05) is 30.1 Å². The lowest BCUT2D eigenvalue weighted by Crippen LogP contribution is -2.06. The number of Topliss-reactive ketones (excluding diaryl/α,β-unsaturated/α-hetero) is 1. The monoisotopic (exact) mass is 309 g/mol. The van der Waals surface area contributed by atoms with Gasteiger partial charge in [0.25, 0.3) is 0 Å². The van der Waals surface area contributed by atoms with E-state index in [0.29, 0.717) is 35.8 Å². The Morgan fingerprint density at radius 3 is 2.78 bits per heavy atom. The molecule has 0 saturated heterocycles. The van der Waals surface area contributed by atoms with E-state index in [2.05, 4.69) is 16.4 Å². The summed E-state index contributed by atoms with van der Waals surface area (Å²) in [6.07, 6.45) is 2.67. The molecule has 5 nitrogen and oxygen atoms in total. The van der Waals surface area contributed by atoms with Crippen molar-refractivity contribution in [3.8, 4) is 11.9 Å². The summed E-state index contributed by atoms with van der Waals surface area (Å²) in [5, 5.41) is 12.2. The number of aromatic nitrogens is 1. The first kappa shape index (κ1) is 16.5. The molecule has 0 aliphatic rings.